The molecule has 1 fully saturated rings. The number of rotatable bonds is 17. The summed E-state index contributed by atoms with van der Waals surface area (Å²) in [5.74, 6) is 2.35. The molecule has 0 unspecified atom stereocenters. The molecular weight excluding hydrogens is 1360 g/mol. The monoisotopic (exact) mass is 1430 g/mol. The van der Waals surface area contributed by atoms with Crippen LogP contribution in [0.5, 0.6) is 0 Å². The van der Waals surface area contributed by atoms with Gasteiger partial charge in [0.15, 0.2) is 11.6 Å². The SMILES string of the molecule is CN(C)CCCNc1ncc(-c2ccc(NC(=O)Nc3cccc(C(F)(F)F)c3)cc2)c2cnn(C)c12.CN(C)c1ncc2c(cnn2C)c1-c1ccc(NC(=O)Nc2cccc(C(F)(F)F)c2)cc1.Cn1ncc2c(-c3ccc(NC(=O)Nc4cccc(C(F)(F)F)c4)cc3)cnc(NC3CC3)c21. The number of carbonyl (C=O) groups is 3. The Morgan fingerprint density at radius 3 is 1.24 bits per heavy atom. The van der Waals surface area contributed by atoms with Gasteiger partial charge in [0.05, 0.1) is 47.0 Å². The number of pyridine rings is 3. The van der Waals surface area contributed by atoms with E-state index >= 15 is 0 Å². The predicted octanol–water partition coefficient (Wildman–Crippen LogP) is 16.9. The maximum Gasteiger partial charge on any atom is 0.416 e. The number of halogens is 9. The van der Waals surface area contributed by atoms with Gasteiger partial charge in [-0.25, -0.2) is 29.3 Å². The quantitative estimate of drug-likeness (QED) is 0.0313. The van der Waals surface area contributed by atoms with Crippen LogP contribution in [0.25, 0.3) is 66.1 Å². The van der Waals surface area contributed by atoms with Gasteiger partial charge in [-0.15, -0.1) is 0 Å². The average molecular weight is 1430 g/mol. The first-order valence-electron chi connectivity index (χ1n) is 32.3. The van der Waals surface area contributed by atoms with Gasteiger partial charge in [0, 0.05) is 127 Å². The molecule has 1 aliphatic rings. The summed E-state index contributed by atoms with van der Waals surface area (Å²) < 4.78 is 121. The van der Waals surface area contributed by atoms with Gasteiger partial charge in [-0.05, 0) is 148 Å². The number of nitrogens with zero attached hydrogens (tertiary/aromatic N) is 11. The lowest BCUT2D eigenvalue weighted by Gasteiger charge is -2.17. The summed E-state index contributed by atoms with van der Waals surface area (Å²) in [4.78, 5) is 54.7. The second kappa shape index (κ2) is 30.9. The molecule has 0 aliphatic heterocycles. The smallest absolute Gasteiger partial charge is 0.368 e. The van der Waals surface area contributed by atoms with E-state index in [9.17, 15) is 53.9 Å². The van der Waals surface area contributed by atoms with Gasteiger partial charge in [-0.2, -0.15) is 54.8 Å². The summed E-state index contributed by atoms with van der Waals surface area (Å²) in [7, 11) is 13.5. The van der Waals surface area contributed by atoms with E-state index in [1.807, 2.05) is 90.6 Å². The number of aromatic nitrogens is 9. The minimum Gasteiger partial charge on any atom is -0.368 e. The Balaban J connectivity index is 0.000000156. The first kappa shape index (κ1) is 73.0. The molecule has 8 N–H and O–H groups in total. The average Bonchev–Trinajstić information content (AvgIpc) is 1.60. The van der Waals surface area contributed by atoms with Gasteiger partial charge < -0.3 is 52.3 Å². The maximum atomic E-state index is 12.9. The van der Waals surface area contributed by atoms with Crippen LogP contribution in [-0.2, 0) is 39.7 Å². The summed E-state index contributed by atoms with van der Waals surface area (Å²) in [6.45, 7) is 1.76. The summed E-state index contributed by atoms with van der Waals surface area (Å²) in [6, 6.07) is 33.3. The van der Waals surface area contributed by atoms with Crippen LogP contribution < -0.4 is 47.4 Å². The van der Waals surface area contributed by atoms with Gasteiger partial charge in [-0.3, -0.25) is 14.0 Å². The molecule has 6 aromatic carbocycles. The lowest BCUT2D eigenvalue weighted by molar-refractivity contribution is -0.138. The van der Waals surface area contributed by atoms with Crippen LogP contribution in [-0.4, -0.2) is 115 Å². The Hall–Kier alpha value is -12.3. The molecule has 31 heteroatoms. The fraction of sp³-hybridized carbons (Fsp3) is 0.219. The van der Waals surface area contributed by atoms with Crippen molar-refractivity contribution in [2.24, 2.45) is 21.1 Å². The number of hydrogen-bond acceptors (Lipinski definition) is 13. The van der Waals surface area contributed by atoms with E-state index in [2.05, 4.69) is 77.7 Å². The Bertz CT molecular complexity index is 5050. The lowest BCUT2D eigenvalue weighted by Crippen LogP contribution is -2.19. The van der Waals surface area contributed by atoms with E-state index in [-0.39, 0.29) is 17.1 Å². The Morgan fingerprint density at radius 2 is 0.837 bits per heavy atom. The lowest BCUT2D eigenvalue weighted by atomic mass is 10.0. The molecule has 13 rings (SSSR count). The standard InChI is InChI=1S/C26H28F3N7O.C24H21F3N6O.C23H21F3N6O/c1-35(2)13-5-12-30-24-23-22(16-32-36(23)3)21(15-31-24)17-8-10-19(11-9-17)33-25(37)34-20-7-4-6-18(14-20)26(27,28)29;1-33-21-20(13-29-33)19(12-28-22(21)30-16-9-10-16)14-5-7-17(8-6-14)31-23(34)32-18-4-2-3-15(11-18)24(25,26)27;1-31(2)21-20(18-12-28-32(3)19(18)13-27-21)14-7-9-16(10-8-14)29-22(33)30-17-6-4-5-15(11-17)23(24,25)26/h4,6-11,14-16H,5,12-13H2,1-3H3,(H,30,31)(H2,33,34,37);2-8,11-13,16H,9-10H2,1H3,(H,28,30)(H2,31,32,34);4-13H,1-3H3,(H2,29,30,33). The third-order valence-electron chi connectivity index (χ3n) is 16.4. The molecule has 0 atom stereocenters. The van der Waals surface area contributed by atoms with Gasteiger partial charge in [-0.1, -0.05) is 54.6 Å². The van der Waals surface area contributed by atoms with E-state index in [1.54, 1.807) is 87.6 Å². The van der Waals surface area contributed by atoms with E-state index in [1.165, 1.54) is 36.4 Å². The molecule has 1 aliphatic carbocycles. The largest absolute Gasteiger partial charge is 0.416 e. The topological polar surface area (TPSA) is 246 Å². The molecule has 0 radical (unpaired) electrons. The van der Waals surface area contributed by atoms with Crippen LogP contribution in [0, 0.1) is 0 Å². The summed E-state index contributed by atoms with van der Waals surface area (Å²) >= 11 is 0. The number of fused-ring (bicyclic) bond motifs is 3. The zero-order valence-electron chi connectivity index (χ0n) is 57.0. The molecule has 104 heavy (non-hydrogen) atoms. The fourth-order valence-corrected chi connectivity index (χ4v) is 11.2. The van der Waals surface area contributed by atoms with Crippen molar-refractivity contribution in [1.82, 2.24) is 49.2 Å². The van der Waals surface area contributed by atoms with Crippen molar-refractivity contribution in [2.45, 2.75) is 43.8 Å². The van der Waals surface area contributed by atoms with Crippen molar-refractivity contribution in [3.63, 3.8) is 0 Å². The number of hydrogen-bond donors (Lipinski definition) is 8. The summed E-state index contributed by atoms with van der Waals surface area (Å²) in [5, 5.41) is 38.0. The van der Waals surface area contributed by atoms with Crippen LogP contribution >= 0.6 is 0 Å². The Kier molecular flexibility index (Phi) is 21.7. The molecule has 6 amide bonds. The molecule has 22 nitrogen and oxygen atoms in total. The number of nitrogens with one attached hydrogen (secondary N) is 8. The number of anilines is 9. The molecule has 1 saturated carbocycles. The van der Waals surface area contributed by atoms with E-state index in [0.29, 0.717) is 23.1 Å². The van der Waals surface area contributed by atoms with Crippen molar-refractivity contribution in [1.29, 1.82) is 0 Å². The van der Waals surface area contributed by atoms with Crippen LogP contribution in [0.1, 0.15) is 36.0 Å². The minimum atomic E-state index is -4.49. The van der Waals surface area contributed by atoms with Gasteiger partial charge in [0.2, 0.25) is 0 Å². The molecule has 0 spiro atoms. The van der Waals surface area contributed by atoms with Gasteiger partial charge in [0.25, 0.3) is 0 Å². The molecular formula is C73H70F9N19O3. The predicted molar refractivity (Wildman–Crippen MR) is 387 cm³/mol. The summed E-state index contributed by atoms with van der Waals surface area (Å²) in [5.41, 5.74) is 7.19. The highest BCUT2D eigenvalue weighted by molar-refractivity contribution is 6.05. The number of alkyl halides is 9. The highest BCUT2D eigenvalue weighted by Gasteiger charge is 2.33. The third kappa shape index (κ3) is 18.1. The maximum absolute atomic E-state index is 12.9. The Morgan fingerprint density at radius 1 is 0.452 bits per heavy atom. The number of urea groups is 3. The van der Waals surface area contributed by atoms with Crippen LogP contribution in [0.3, 0.4) is 0 Å². The van der Waals surface area contributed by atoms with Crippen LogP contribution in [0.2, 0.25) is 0 Å². The van der Waals surface area contributed by atoms with Gasteiger partial charge in [0.1, 0.15) is 16.9 Å². The van der Waals surface area contributed by atoms with E-state index in [4.69, 9.17) is 0 Å². The normalized spacial score (nSPS) is 12.2. The second-order valence-corrected chi connectivity index (χ2v) is 24.7. The van der Waals surface area contributed by atoms with Crippen LogP contribution in [0.15, 0.2) is 183 Å². The van der Waals surface area contributed by atoms with Crippen molar-refractivity contribution >= 4 is 102 Å². The van der Waals surface area contributed by atoms with Crippen LogP contribution in [0.4, 0.5) is 105 Å². The molecule has 6 aromatic heterocycles. The van der Waals surface area contributed by atoms with Crippen molar-refractivity contribution in [3.05, 3.63) is 199 Å². The number of carbonyl (C=O) groups excluding carboxylic acids is 3. The highest BCUT2D eigenvalue weighted by Crippen LogP contribution is 2.39. The zero-order chi connectivity index (χ0) is 74.2. The molecule has 538 valence electrons. The van der Waals surface area contributed by atoms with Crippen molar-refractivity contribution in [2.75, 3.05) is 88.7 Å². The molecule has 6 heterocycles. The molecule has 0 saturated heterocycles. The number of benzene rings is 6. The summed E-state index contributed by atoms with van der Waals surface area (Å²) in [6.07, 6.45) is 0.556. The minimum absolute atomic E-state index is 0.0453. The van der Waals surface area contributed by atoms with Crippen molar-refractivity contribution in [3.8, 4) is 33.4 Å². The van der Waals surface area contributed by atoms with E-state index < -0.39 is 53.3 Å². The fourth-order valence-electron chi connectivity index (χ4n) is 11.2. The Labute approximate surface area is 589 Å². The number of aryl methyl sites for hydroxylation is 3. The molecule has 12 aromatic rings. The second-order valence-electron chi connectivity index (χ2n) is 24.7. The molecule has 0 bridgehead atoms. The third-order valence-corrected chi connectivity index (χ3v) is 16.4. The van der Waals surface area contributed by atoms with Gasteiger partial charge >= 0.3 is 36.6 Å². The zero-order valence-corrected chi connectivity index (χ0v) is 57.0. The van der Waals surface area contributed by atoms with E-state index in [0.717, 1.165) is 152 Å². The van der Waals surface area contributed by atoms with Crippen molar-refractivity contribution < 1.29 is 53.9 Å². The highest BCUT2D eigenvalue weighted by atomic mass is 19.4. The first-order chi connectivity index (χ1) is 49.5. The first-order valence-corrected chi connectivity index (χ1v) is 32.3. The number of amides is 6.